The minimum Gasteiger partial charge on any atom is -0.378 e. The maximum absolute atomic E-state index is 10.1. The van der Waals surface area contributed by atoms with Gasteiger partial charge in [0.25, 0.3) is 0 Å². The van der Waals surface area contributed by atoms with Gasteiger partial charge in [-0.05, 0) is 25.7 Å². The predicted molar refractivity (Wildman–Crippen MR) is 83.3 cm³/mol. The first-order valence-electron chi connectivity index (χ1n) is 8.76. The molecule has 2 nitrogen and oxygen atoms in total. The van der Waals surface area contributed by atoms with E-state index in [4.69, 9.17) is 0 Å². The molecule has 1 atom stereocenters. The Balaban J connectivity index is 1.84. The number of hydrogen-bond donors (Lipinski definition) is 1. The average molecular weight is 269 g/mol. The third-order valence-corrected chi connectivity index (χ3v) is 4.38. The van der Waals surface area contributed by atoms with Crippen LogP contribution in [0.15, 0.2) is 0 Å². The van der Waals surface area contributed by atoms with Crippen molar-refractivity contribution in [2.75, 3.05) is 13.1 Å². The first-order chi connectivity index (χ1) is 9.34. The topological polar surface area (TPSA) is 23.5 Å². The van der Waals surface area contributed by atoms with Crippen LogP contribution in [-0.4, -0.2) is 29.3 Å². The predicted octanol–water partition coefficient (Wildman–Crippen LogP) is 4.71. The van der Waals surface area contributed by atoms with Gasteiger partial charge in [0.15, 0.2) is 0 Å². The monoisotopic (exact) mass is 269 g/mol. The van der Waals surface area contributed by atoms with E-state index in [1.54, 1.807) is 0 Å². The lowest BCUT2D eigenvalue weighted by atomic mass is 10.1. The van der Waals surface area contributed by atoms with Crippen LogP contribution in [0.2, 0.25) is 0 Å². The van der Waals surface area contributed by atoms with Gasteiger partial charge in [0.1, 0.15) is 6.23 Å². The molecule has 19 heavy (non-hydrogen) atoms. The van der Waals surface area contributed by atoms with E-state index in [1.807, 2.05) is 0 Å². The molecular formula is C17H35NO. The molecule has 0 aromatic carbocycles. The molecule has 1 aliphatic rings. The number of hydrogen-bond acceptors (Lipinski definition) is 2. The van der Waals surface area contributed by atoms with Gasteiger partial charge in [-0.2, -0.15) is 0 Å². The standard InChI is InChI=1S/C17H35NO/c1-2-3-4-5-6-7-8-9-11-14-17(19)18-15-12-10-13-16-18/h17,19H,2-16H2,1H3. The number of rotatable bonds is 11. The molecule has 0 aromatic heterocycles. The molecule has 0 amide bonds. The van der Waals surface area contributed by atoms with Gasteiger partial charge in [-0.3, -0.25) is 4.90 Å². The van der Waals surface area contributed by atoms with Crippen LogP contribution in [0.1, 0.15) is 90.4 Å². The van der Waals surface area contributed by atoms with E-state index >= 15 is 0 Å². The quantitative estimate of drug-likeness (QED) is 0.549. The summed E-state index contributed by atoms with van der Waals surface area (Å²) in [6.07, 6.45) is 17.0. The smallest absolute Gasteiger partial charge is 0.107 e. The van der Waals surface area contributed by atoms with E-state index < -0.39 is 0 Å². The lowest BCUT2D eigenvalue weighted by molar-refractivity contribution is -0.0148. The summed E-state index contributed by atoms with van der Waals surface area (Å²) in [5, 5.41) is 10.1. The van der Waals surface area contributed by atoms with Crippen LogP contribution in [0, 0.1) is 0 Å². The maximum Gasteiger partial charge on any atom is 0.107 e. The van der Waals surface area contributed by atoms with Crippen molar-refractivity contribution in [3.63, 3.8) is 0 Å². The third kappa shape index (κ3) is 8.65. The molecule has 1 N–H and O–H groups in total. The highest BCUT2D eigenvalue weighted by Gasteiger charge is 2.17. The molecule has 1 rings (SSSR count). The average Bonchev–Trinajstić information content (AvgIpc) is 2.46. The molecule has 1 fully saturated rings. The number of nitrogens with zero attached hydrogens (tertiary/aromatic N) is 1. The van der Waals surface area contributed by atoms with Gasteiger partial charge in [0.2, 0.25) is 0 Å². The Labute approximate surface area is 120 Å². The van der Waals surface area contributed by atoms with E-state index in [0.717, 1.165) is 19.5 Å². The Morgan fingerprint density at radius 2 is 1.32 bits per heavy atom. The van der Waals surface area contributed by atoms with Crippen molar-refractivity contribution in [2.24, 2.45) is 0 Å². The Morgan fingerprint density at radius 3 is 1.89 bits per heavy atom. The molecule has 1 heterocycles. The molecule has 0 bridgehead atoms. The van der Waals surface area contributed by atoms with Crippen LogP contribution in [0.25, 0.3) is 0 Å². The largest absolute Gasteiger partial charge is 0.378 e. The summed E-state index contributed by atoms with van der Waals surface area (Å²) in [7, 11) is 0. The molecule has 1 aliphatic heterocycles. The lowest BCUT2D eigenvalue weighted by Crippen LogP contribution is -2.39. The number of unbranched alkanes of at least 4 members (excludes halogenated alkanes) is 8. The molecule has 0 aromatic rings. The van der Waals surface area contributed by atoms with Crippen LogP contribution in [0.3, 0.4) is 0 Å². The maximum atomic E-state index is 10.1. The highest BCUT2D eigenvalue weighted by atomic mass is 16.3. The Hall–Kier alpha value is -0.0800. The summed E-state index contributed by atoms with van der Waals surface area (Å²) in [5.41, 5.74) is 0. The minimum atomic E-state index is -0.162. The van der Waals surface area contributed by atoms with Crippen LogP contribution in [0.4, 0.5) is 0 Å². The molecule has 1 unspecified atom stereocenters. The fourth-order valence-corrected chi connectivity index (χ4v) is 3.04. The summed E-state index contributed by atoms with van der Waals surface area (Å²) >= 11 is 0. The van der Waals surface area contributed by atoms with E-state index in [9.17, 15) is 5.11 Å². The van der Waals surface area contributed by atoms with Gasteiger partial charge in [0.05, 0.1) is 0 Å². The molecular weight excluding hydrogens is 234 g/mol. The minimum absolute atomic E-state index is 0.162. The Morgan fingerprint density at radius 1 is 0.789 bits per heavy atom. The van der Waals surface area contributed by atoms with E-state index in [-0.39, 0.29) is 6.23 Å². The van der Waals surface area contributed by atoms with Gasteiger partial charge in [-0.1, -0.05) is 64.7 Å². The summed E-state index contributed by atoms with van der Waals surface area (Å²) in [5.74, 6) is 0. The van der Waals surface area contributed by atoms with Crippen molar-refractivity contribution < 1.29 is 5.11 Å². The Kier molecular flexibility index (Phi) is 10.5. The molecule has 0 saturated carbocycles. The second-order valence-electron chi connectivity index (χ2n) is 6.19. The van der Waals surface area contributed by atoms with Gasteiger partial charge in [-0.15, -0.1) is 0 Å². The van der Waals surface area contributed by atoms with E-state index in [1.165, 1.54) is 77.0 Å². The molecule has 0 spiro atoms. The first-order valence-corrected chi connectivity index (χ1v) is 8.76. The van der Waals surface area contributed by atoms with Crippen molar-refractivity contribution >= 4 is 0 Å². The zero-order valence-corrected chi connectivity index (χ0v) is 13.1. The van der Waals surface area contributed by atoms with Gasteiger partial charge < -0.3 is 5.11 Å². The van der Waals surface area contributed by atoms with Gasteiger partial charge in [0, 0.05) is 13.1 Å². The molecule has 2 heteroatoms. The number of likely N-dealkylation sites (tertiary alicyclic amines) is 1. The van der Waals surface area contributed by atoms with Crippen LogP contribution >= 0.6 is 0 Å². The third-order valence-electron chi connectivity index (χ3n) is 4.38. The summed E-state index contributed by atoms with van der Waals surface area (Å²) in [4.78, 5) is 2.27. The van der Waals surface area contributed by atoms with Gasteiger partial charge in [-0.25, -0.2) is 0 Å². The fourth-order valence-electron chi connectivity index (χ4n) is 3.04. The normalized spacial score (nSPS) is 18.6. The highest BCUT2D eigenvalue weighted by molar-refractivity contribution is 4.67. The fraction of sp³-hybridized carbons (Fsp3) is 1.00. The van der Waals surface area contributed by atoms with Crippen molar-refractivity contribution in [3.05, 3.63) is 0 Å². The number of aliphatic hydroxyl groups excluding tert-OH is 1. The zero-order valence-electron chi connectivity index (χ0n) is 13.1. The summed E-state index contributed by atoms with van der Waals surface area (Å²) < 4.78 is 0. The van der Waals surface area contributed by atoms with Crippen LogP contribution in [-0.2, 0) is 0 Å². The summed E-state index contributed by atoms with van der Waals surface area (Å²) in [6.45, 7) is 4.49. The zero-order chi connectivity index (χ0) is 13.8. The SMILES string of the molecule is CCCCCCCCCCCC(O)N1CCCCC1. The highest BCUT2D eigenvalue weighted by Crippen LogP contribution is 2.16. The molecule has 0 radical (unpaired) electrons. The van der Waals surface area contributed by atoms with Gasteiger partial charge >= 0.3 is 0 Å². The van der Waals surface area contributed by atoms with Crippen molar-refractivity contribution in [2.45, 2.75) is 96.6 Å². The van der Waals surface area contributed by atoms with Crippen molar-refractivity contribution in [1.82, 2.24) is 4.90 Å². The van der Waals surface area contributed by atoms with Crippen molar-refractivity contribution in [3.8, 4) is 0 Å². The van der Waals surface area contributed by atoms with Crippen LogP contribution < -0.4 is 0 Å². The molecule has 0 aliphatic carbocycles. The van der Waals surface area contributed by atoms with E-state index in [0.29, 0.717) is 0 Å². The molecule has 1 saturated heterocycles. The molecule has 114 valence electrons. The number of piperidine rings is 1. The van der Waals surface area contributed by atoms with Crippen molar-refractivity contribution in [1.29, 1.82) is 0 Å². The summed E-state index contributed by atoms with van der Waals surface area (Å²) in [6, 6.07) is 0. The second-order valence-corrected chi connectivity index (χ2v) is 6.19. The van der Waals surface area contributed by atoms with E-state index in [2.05, 4.69) is 11.8 Å². The second kappa shape index (κ2) is 11.7. The lowest BCUT2D eigenvalue weighted by Gasteiger charge is -2.31. The first kappa shape index (κ1) is 17.0. The Bertz CT molecular complexity index is 190. The number of aliphatic hydroxyl groups is 1. The van der Waals surface area contributed by atoms with Crippen LogP contribution in [0.5, 0.6) is 0 Å².